The summed E-state index contributed by atoms with van der Waals surface area (Å²) < 4.78 is 1.72. The third-order valence-corrected chi connectivity index (χ3v) is 7.41. The molecule has 3 aromatic rings. The van der Waals surface area contributed by atoms with Gasteiger partial charge < -0.3 is 26.4 Å². The van der Waals surface area contributed by atoms with Gasteiger partial charge in [0.05, 0.1) is 21.6 Å². The van der Waals surface area contributed by atoms with E-state index in [1.165, 1.54) is 24.2 Å². The number of aliphatic hydroxyl groups is 1. The molecule has 3 aliphatic rings. The summed E-state index contributed by atoms with van der Waals surface area (Å²) >= 11 is 1.41. The molecule has 1 saturated heterocycles. The quantitative estimate of drug-likeness (QED) is 0.342. The van der Waals surface area contributed by atoms with E-state index in [4.69, 9.17) is 4.98 Å². The zero-order valence-corrected chi connectivity index (χ0v) is 19.2. The number of hydrogen-bond donors (Lipinski definition) is 5. The number of amides is 2. The van der Waals surface area contributed by atoms with Crippen LogP contribution in [-0.4, -0.2) is 50.0 Å². The summed E-state index contributed by atoms with van der Waals surface area (Å²) in [4.78, 5) is 31.1. The predicted molar refractivity (Wildman–Crippen MR) is 128 cm³/mol. The minimum Gasteiger partial charge on any atom is -0.367 e. The summed E-state index contributed by atoms with van der Waals surface area (Å²) in [7, 11) is 0. The Morgan fingerprint density at radius 3 is 2.74 bits per heavy atom. The lowest BCUT2D eigenvalue weighted by molar-refractivity contribution is -0.117. The molecule has 2 amide bonds. The zero-order chi connectivity index (χ0) is 23.2. The summed E-state index contributed by atoms with van der Waals surface area (Å²) in [5.74, 6) is 0.379. The highest BCUT2D eigenvalue weighted by atomic mass is 32.1. The molecule has 2 aliphatic carbocycles. The van der Waals surface area contributed by atoms with Crippen molar-refractivity contribution in [3.8, 4) is 10.6 Å². The van der Waals surface area contributed by atoms with Crippen molar-refractivity contribution in [2.75, 3.05) is 5.32 Å². The predicted octanol–water partition coefficient (Wildman–Crippen LogP) is 2.04. The van der Waals surface area contributed by atoms with E-state index in [0.717, 1.165) is 42.1 Å². The summed E-state index contributed by atoms with van der Waals surface area (Å²) in [5.41, 5.74) is 2.19. The molecular weight excluding hydrogens is 454 g/mol. The second-order valence-corrected chi connectivity index (χ2v) is 10.1. The fourth-order valence-corrected chi connectivity index (χ4v) is 5.26. The lowest BCUT2D eigenvalue weighted by Gasteiger charge is -2.10. The van der Waals surface area contributed by atoms with E-state index in [1.54, 1.807) is 16.8 Å². The van der Waals surface area contributed by atoms with Crippen LogP contribution in [0.2, 0.25) is 0 Å². The average molecular weight is 480 g/mol. The number of aliphatic hydroxyl groups excluding tert-OH is 1. The van der Waals surface area contributed by atoms with E-state index in [0.29, 0.717) is 22.1 Å². The molecule has 11 heteroatoms. The van der Waals surface area contributed by atoms with Gasteiger partial charge >= 0.3 is 0 Å². The Kier molecular flexibility index (Phi) is 5.22. The van der Waals surface area contributed by atoms with Gasteiger partial charge in [0.1, 0.15) is 11.5 Å². The number of carbonyl (C=O) groups excluding carboxylic acids is 2. The van der Waals surface area contributed by atoms with Crippen molar-refractivity contribution < 1.29 is 14.7 Å². The molecule has 5 N–H and O–H groups in total. The largest absolute Gasteiger partial charge is 0.367 e. The maximum absolute atomic E-state index is 12.7. The van der Waals surface area contributed by atoms with Gasteiger partial charge in [-0.05, 0) is 43.9 Å². The van der Waals surface area contributed by atoms with Gasteiger partial charge in [0.15, 0.2) is 5.65 Å². The van der Waals surface area contributed by atoms with E-state index in [-0.39, 0.29) is 17.6 Å². The fraction of sp³-hybridized carbons (Fsp3) is 0.391. The average Bonchev–Trinajstić information content (AvgIpc) is 3.24. The van der Waals surface area contributed by atoms with Crippen LogP contribution in [0.25, 0.3) is 22.3 Å². The molecule has 1 atom stereocenters. The Hall–Kier alpha value is -3.44. The molecule has 176 valence electrons. The van der Waals surface area contributed by atoms with Gasteiger partial charge in [0, 0.05) is 23.7 Å². The maximum Gasteiger partial charge on any atom is 0.270 e. The van der Waals surface area contributed by atoms with Crippen molar-refractivity contribution in [3.05, 3.63) is 40.5 Å². The summed E-state index contributed by atoms with van der Waals surface area (Å²) in [5, 5.41) is 25.8. The van der Waals surface area contributed by atoms with E-state index in [1.807, 2.05) is 18.2 Å². The van der Waals surface area contributed by atoms with Crippen LogP contribution < -0.4 is 21.3 Å². The van der Waals surface area contributed by atoms with Gasteiger partial charge in [-0.1, -0.05) is 12.8 Å². The topological polar surface area (TPSA) is 133 Å². The van der Waals surface area contributed by atoms with Crippen LogP contribution in [0.15, 0.2) is 30.1 Å². The number of fused-ring (bicyclic) bond motifs is 1. The van der Waals surface area contributed by atoms with Crippen LogP contribution >= 0.6 is 11.3 Å². The molecule has 34 heavy (non-hydrogen) atoms. The summed E-state index contributed by atoms with van der Waals surface area (Å²) in [6.45, 7) is 0. The van der Waals surface area contributed by atoms with Crippen molar-refractivity contribution in [1.82, 2.24) is 30.5 Å². The molecular formula is C23H25N7O3S. The first-order valence-corrected chi connectivity index (χ1v) is 12.4. The van der Waals surface area contributed by atoms with Gasteiger partial charge in [-0.15, -0.1) is 11.3 Å². The van der Waals surface area contributed by atoms with Crippen LogP contribution in [-0.2, 0) is 4.79 Å². The smallest absolute Gasteiger partial charge is 0.270 e. The Balaban J connectivity index is 1.35. The van der Waals surface area contributed by atoms with Gasteiger partial charge in [0.25, 0.3) is 11.8 Å². The Bertz CT molecular complexity index is 1300. The second kappa shape index (κ2) is 8.41. The highest BCUT2D eigenvalue weighted by Crippen LogP contribution is 2.32. The van der Waals surface area contributed by atoms with Crippen molar-refractivity contribution in [1.29, 1.82) is 0 Å². The molecule has 0 aromatic carbocycles. The molecule has 1 unspecified atom stereocenters. The third kappa shape index (κ3) is 4.12. The molecule has 3 aromatic heterocycles. The molecule has 3 fully saturated rings. The molecule has 10 nitrogen and oxygen atoms in total. The highest BCUT2D eigenvalue weighted by molar-refractivity contribution is 7.17. The van der Waals surface area contributed by atoms with Gasteiger partial charge in [-0.25, -0.2) is 4.98 Å². The monoisotopic (exact) mass is 479 g/mol. The second-order valence-electron chi connectivity index (χ2n) is 8.98. The SMILES string of the molecule is O=C1NC(O)N/C1=C\c1cnn2c(NC3CC3)cc(-c3ccc(C(=O)NC4CCCC4)s3)nc12. The first kappa shape index (κ1) is 21.1. The van der Waals surface area contributed by atoms with Gasteiger partial charge in [0.2, 0.25) is 6.35 Å². The Labute approximate surface area is 199 Å². The highest BCUT2D eigenvalue weighted by Gasteiger charge is 2.26. The zero-order valence-electron chi connectivity index (χ0n) is 18.4. The minimum atomic E-state index is -1.11. The van der Waals surface area contributed by atoms with E-state index in [9.17, 15) is 14.7 Å². The Morgan fingerprint density at radius 1 is 1.18 bits per heavy atom. The van der Waals surface area contributed by atoms with Crippen molar-refractivity contribution in [2.24, 2.45) is 0 Å². The van der Waals surface area contributed by atoms with Crippen LogP contribution in [0.4, 0.5) is 5.82 Å². The van der Waals surface area contributed by atoms with Crippen LogP contribution in [0.3, 0.4) is 0 Å². The summed E-state index contributed by atoms with van der Waals surface area (Å²) in [6, 6.07) is 6.38. The van der Waals surface area contributed by atoms with Gasteiger partial charge in [-0.3, -0.25) is 9.59 Å². The van der Waals surface area contributed by atoms with Crippen LogP contribution in [0.5, 0.6) is 0 Å². The molecule has 0 bridgehead atoms. The number of anilines is 1. The third-order valence-electron chi connectivity index (χ3n) is 6.31. The van der Waals surface area contributed by atoms with Crippen LogP contribution in [0, 0.1) is 0 Å². The van der Waals surface area contributed by atoms with E-state index in [2.05, 4.69) is 26.4 Å². The number of rotatable bonds is 6. The normalized spacial score (nSPS) is 21.7. The maximum atomic E-state index is 12.7. The first-order valence-electron chi connectivity index (χ1n) is 11.6. The van der Waals surface area contributed by atoms with Crippen molar-refractivity contribution in [3.63, 3.8) is 0 Å². The van der Waals surface area contributed by atoms with Crippen molar-refractivity contribution >= 4 is 40.7 Å². The molecule has 4 heterocycles. The fourth-order valence-electron chi connectivity index (χ4n) is 4.39. The number of aromatic nitrogens is 3. The standard InChI is InChI=1S/C23H25N7O3S/c31-21-16(28-23(33)29-21)9-12-11-24-30-19(25-14-5-6-14)10-15(27-20(12)30)17-7-8-18(34-17)22(32)26-13-3-1-2-4-13/h7-11,13-14,23,25,28,33H,1-6H2,(H,26,32)(H,29,31)/b16-9-. The molecule has 0 radical (unpaired) electrons. The minimum absolute atomic E-state index is 0.0350. The number of nitrogens with zero attached hydrogens (tertiary/aromatic N) is 3. The molecule has 2 saturated carbocycles. The van der Waals surface area contributed by atoms with Crippen LogP contribution in [0.1, 0.15) is 53.8 Å². The summed E-state index contributed by atoms with van der Waals surface area (Å²) in [6.07, 6.45) is 8.78. The molecule has 1 aliphatic heterocycles. The van der Waals surface area contributed by atoms with Gasteiger partial charge in [-0.2, -0.15) is 9.61 Å². The number of carbonyl (C=O) groups is 2. The number of hydrogen-bond acceptors (Lipinski definition) is 8. The molecule has 0 spiro atoms. The van der Waals surface area contributed by atoms with Crippen molar-refractivity contribution in [2.45, 2.75) is 57.0 Å². The lowest BCUT2D eigenvalue weighted by Crippen LogP contribution is -2.31. The lowest BCUT2D eigenvalue weighted by atomic mass is 10.2. The first-order chi connectivity index (χ1) is 16.5. The number of nitrogens with one attached hydrogen (secondary N) is 4. The van der Waals surface area contributed by atoms with E-state index >= 15 is 0 Å². The molecule has 6 rings (SSSR count). The van der Waals surface area contributed by atoms with E-state index < -0.39 is 12.3 Å². The number of thiophene rings is 1. The Morgan fingerprint density at radius 2 is 2.00 bits per heavy atom.